The van der Waals surface area contributed by atoms with Crippen molar-refractivity contribution in [3.63, 3.8) is 0 Å². The maximum atomic E-state index is 11.3. The molecule has 96 valence electrons. The molecule has 0 spiro atoms. The molecule has 0 aromatic heterocycles. The number of hydrogen-bond donors (Lipinski definition) is 1. The highest BCUT2D eigenvalue weighted by atomic mass is 16.6. The number of hydrogen-bond acceptors (Lipinski definition) is 5. The molecule has 2 N–H and O–H groups in total. The third-order valence-corrected chi connectivity index (χ3v) is 2.10. The topological polar surface area (TPSA) is 70.8 Å². The lowest BCUT2D eigenvalue weighted by atomic mass is 10.1. The van der Waals surface area contributed by atoms with Gasteiger partial charge in [0.25, 0.3) is 0 Å². The molecule has 0 aromatic rings. The minimum absolute atomic E-state index is 0.0927. The fourth-order valence-corrected chi connectivity index (χ4v) is 0.977. The minimum atomic E-state index is -0.548. The van der Waals surface area contributed by atoms with Gasteiger partial charge in [-0.05, 0) is 12.3 Å². The number of rotatable bonds is 9. The average molecular weight is 233 g/mol. The second-order valence-electron chi connectivity index (χ2n) is 3.90. The number of ether oxygens (including phenoxy) is 3. The largest absolute Gasteiger partial charge is 0.462 e. The summed E-state index contributed by atoms with van der Waals surface area (Å²) in [5, 5.41) is 0. The lowest BCUT2D eigenvalue weighted by molar-refractivity contribution is -0.147. The predicted molar refractivity (Wildman–Crippen MR) is 61.1 cm³/mol. The summed E-state index contributed by atoms with van der Waals surface area (Å²) in [4.78, 5) is 11.3. The Bertz CT molecular complexity index is 185. The van der Waals surface area contributed by atoms with Crippen LogP contribution in [0.2, 0.25) is 0 Å². The van der Waals surface area contributed by atoms with Crippen LogP contribution in [0.15, 0.2) is 0 Å². The van der Waals surface area contributed by atoms with Gasteiger partial charge in [0.15, 0.2) is 0 Å². The fraction of sp³-hybridized carbons (Fsp3) is 0.909. The first-order valence-electron chi connectivity index (χ1n) is 5.58. The third-order valence-electron chi connectivity index (χ3n) is 2.10. The van der Waals surface area contributed by atoms with E-state index in [9.17, 15) is 4.79 Å². The highest BCUT2D eigenvalue weighted by Gasteiger charge is 2.18. The molecular weight excluding hydrogens is 210 g/mol. The van der Waals surface area contributed by atoms with Gasteiger partial charge in [-0.25, -0.2) is 0 Å². The van der Waals surface area contributed by atoms with Crippen LogP contribution in [0, 0.1) is 5.92 Å². The number of carbonyl (C=O) groups is 1. The van der Waals surface area contributed by atoms with Crippen molar-refractivity contribution in [3.05, 3.63) is 0 Å². The zero-order valence-electron chi connectivity index (χ0n) is 10.4. The van der Waals surface area contributed by atoms with Gasteiger partial charge >= 0.3 is 5.97 Å². The normalized spacial score (nSPS) is 12.8. The van der Waals surface area contributed by atoms with Crippen LogP contribution in [0.3, 0.4) is 0 Å². The Labute approximate surface area is 97.2 Å². The van der Waals surface area contributed by atoms with Gasteiger partial charge in [0.1, 0.15) is 12.6 Å². The van der Waals surface area contributed by atoms with E-state index in [0.29, 0.717) is 19.8 Å². The molecule has 5 heteroatoms. The fourth-order valence-electron chi connectivity index (χ4n) is 0.977. The summed E-state index contributed by atoms with van der Waals surface area (Å²) in [5.41, 5.74) is 5.61. The molecule has 0 radical (unpaired) electrons. The van der Waals surface area contributed by atoms with Crippen molar-refractivity contribution in [3.8, 4) is 0 Å². The second-order valence-corrected chi connectivity index (χ2v) is 3.90. The molecule has 0 unspecified atom stereocenters. The Morgan fingerprint density at radius 2 is 1.88 bits per heavy atom. The summed E-state index contributed by atoms with van der Waals surface area (Å²) in [6.07, 6.45) is 0.843. The lowest BCUT2D eigenvalue weighted by Gasteiger charge is -2.14. The Hall–Kier alpha value is -0.650. The number of nitrogens with two attached hydrogens (primary N) is 1. The standard InChI is InChI=1S/C11H23NO4/c1-9(2)10(12)11(13)16-8-7-15-6-4-5-14-3/h9-10H,4-8,12H2,1-3H3/t10-/m1/s1. The van der Waals surface area contributed by atoms with E-state index in [0.717, 1.165) is 6.42 Å². The first-order valence-corrected chi connectivity index (χ1v) is 5.58. The van der Waals surface area contributed by atoms with Gasteiger partial charge in [0.2, 0.25) is 0 Å². The molecule has 0 aliphatic carbocycles. The van der Waals surface area contributed by atoms with Crippen LogP contribution in [0.5, 0.6) is 0 Å². The summed E-state index contributed by atoms with van der Waals surface area (Å²) in [7, 11) is 1.65. The third kappa shape index (κ3) is 7.62. The zero-order chi connectivity index (χ0) is 12.4. The molecule has 5 nitrogen and oxygen atoms in total. The molecule has 0 aliphatic heterocycles. The van der Waals surface area contributed by atoms with Crippen molar-refractivity contribution in [2.75, 3.05) is 33.5 Å². The van der Waals surface area contributed by atoms with E-state index in [1.807, 2.05) is 13.8 Å². The maximum absolute atomic E-state index is 11.3. The zero-order valence-corrected chi connectivity index (χ0v) is 10.4. The van der Waals surface area contributed by atoms with E-state index in [4.69, 9.17) is 19.9 Å². The quantitative estimate of drug-likeness (QED) is 0.465. The van der Waals surface area contributed by atoms with Crippen molar-refractivity contribution < 1.29 is 19.0 Å². The van der Waals surface area contributed by atoms with Gasteiger partial charge in [-0.15, -0.1) is 0 Å². The van der Waals surface area contributed by atoms with Crippen molar-refractivity contribution in [1.29, 1.82) is 0 Å². The maximum Gasteiger partial charge on any atom is 0.323 e. The van der Waals surface area contributed by atoms with Crippen LogP contribution < -0.4 is 5.73 Å². The molecule has 0 bridgehead atoms. The molecule has 0 fully saturated rings. The van der Waals surface area contributed by atoms with Crippen LogP contribution in [0.1, 0.15) is 20.3 Å². The van der Waals surface area contributed by atoms with E-state index in [-0.39, 0.29) is 18.5 Å². The highest BCUT2D eigenvalue weighted by molar-refractivity contribution is 5.75. The second kappa shape index (κ2) is 9.57. The van der Waals surface area contributed by atoms with E-state index < -0.39 is 6.04 Å². The van der Waals surface area contributed by atoms with Gasteiger partial charge in [-0.1, -0.05) is 13.8 Å². The number of methoxy groups -OCH3 is 1. The predicted octanol–water partition coefficient (Wildman–Crippen LogP) is 0.566. The van der Waals surface area contributed by atoms with Gasteiger partial charge in [-0.2, -0.15) is 0 Å². The van der Waals surface area contributed by atoms with Crippen LogP contribution in [0.25, 0.3) is 0 Å². The Morgan fingerprint density at radius 3 is 2.44 bits per heavy atom. The first-order chi connectivity index (χ1) is 7.59. The van der Waals surface area contributed by atoms with Crippen molar-refractivity contribution in [2.24, 2.45) is 11.7 Å². The molecule has 0 heterocycles. The van der Waals surface area contributed by atoms with Gasteiger partial charge in [0.05, 0.1) is 6.61 Å². The van der Waals surface area contributed by atoms with Crippen LogP contribution in [0.4, 0.5) is 0 Å². The average Bonchev–Trinajstić information content (AvgIpc) is 2.26. The van der Waals surface area contributed by atoms with Gasteiger partial charge in [0, 0.05) is 20.3 Å². The molecule has 0 rings (SSSR count). The van der Waals surface area contributed by atoms with Crippen LogP contribution in [-0.2, 0) is 19.0 Å². The molecule has 1 atom stereocenters. The summed E-state index contributed by atoms with van der Waals surface area (Å²) < 4.78 is 15.0. The Morgan fingerprint density at radius 1 is 1.19 bits per heavy atom. The smallest absolute Gasteiger partial charge is 0.323 e. The van der Waals surface area contributed by atoms with Crippen molar-refractivity contribution in [1.82, 2.24) is 0 Å². The van der Waals surface area contributed by atoms with E-state index >= 15 is 0 Å². The summed E-state index contributed by atoms with van der Waals surface area (Å²) >= 11 is 0. The SMILES string of the molecule is COCCCOCCOC(=O)[C@H](N)C(C)C. The van der Waals surface area contributed by atoms with E-state index in [1.165, 1.54) is 0 Å². The van der Waals surface area contributed by atoms with E-state index in [1.54, 1.807) is 7.11 Å². The molecule has 0 amide bonds. The van der Waals surface area contributed by atoms with Gasteiger partial charge < -0.3 is 19.9 Å². The Balaban J connectivity index is 3.34. The van der Waals surface area contributed by atoms with Crippen LogP contribution in [-0.4, -0.2) is 45.5 Å². The number of esters is 1. The molecular formula is C11H23NO4. The minimum Gasteiger partial charge on any atom is -0.462 e. The summed E-state index contributed by atoms with van der Waals surface area (Å²) in [5.74, 6) is -0.273. The Kier molecular flexibility index (Phi) is 9.18. The molecule has 0 saturated heterocycles. The van der Waals surface area contributed by atoms with Crippen molar-refractivity contribution >= 4 is 5.97 Å². The molecule has 0 saturated carbocycles. The first kappa shape index (κ1) is 15.3. The lowest BCUT2D eigenvalue weighted by Crippen LogP contribution is -2.37. The molecule has 16 heavy (non-hydrogen) atoms. The van der Waals surface area contributed by atoms with Crippen molar-refractivity contribution in [2.45, 2.75) is 26.3 Å². The van der Waals surface area contributed by atoms with Gasteiger partial charge in [-0.3, -0.25) is 4.79 Å². The highest BCUT2D eigenvalue weighted by Crippen LogP contribution is 2.00. The summed E-state index contributed by atoms with van der Waals surface area (Å²) in [6.45, 7) is 5.71. The van der Waals surface area contributed by atoms with Crippen LogP contribution >= 0.6 is 0 Å². The number of carbonyl (C=O) groups excluding carboxylic acids is 1. The summed E-state index contributed by atoms with van der Waals surface area (Å²) in [6, 6.07) is -0.548. The monoisotopic (exact) mass is 233 g/mol. The van der Waals surface area contributed by atoms with E-state index in [2.05, 4.69) is 0 Å². The molecule has 0 aromatic carbocycles. The molecule has 0 aliphatic rings.